The number of nitrogens with one attached hydrogen (secondary N) is 1. The lowest BCUT2D eigenvalue weighted by Crippen LogP contribution is -2.30. The first-order valence-corrected chi connectivity index (χ1v) is 7.75. The van der Waals surface area contributed by atoms with E-state index < -0.39 is 0 Å². The van der Waals surface area contributed by atoms with E-state index in [0.29, 0.717) is 6.04 Å². The molecule has 2 aromatic rings. The maximum atomic E-state index is 6.06. The average molecular weight is 293 g/mol. The number of rotatable bonds is 2. The van der Waals surface area contributed by atoms with Crippen molar-refractivity contribution in [1.29, 1.82) is 0 Å². The van der Waals surface area contributed by atoms with Crippen molar-refractivity contribution >= 4 is 28.6 Å². The molecule has 1 aliphatic heterocycles. The molecular weight excluding hydrogens is 276 g/mol. The van der Waals surface area contributed by atoms with Crippen molar-refractivity contribution < 1.29 is 0 Å². The minimum Gasteiger partial charge on any atom is -0.362 e. The number of thiophene rings is 1. The first-order chi connectivity index (χ1) is 9.25. The fourth-order valence-corrected chi connectivity index (χ4v) is 3.72. The number of anilines is 1. The number of hydrogen-bond acceptors (Lipinski definition) is 3. The van der Waals surface area contributed by atoms with Crippen LogP contribution in [0.2, 0.25) is 4.34 Å². The SMILES string of the molecule is CC(c1ccc(Cl)s1)N1CCNCc2ccccc21. The fraction of sp³-hybridized carbons (Fsp3) is 0.333. The third-order valence-corrected chi connectivity index (χ3v) is 5.02. The molecule has 4 heteroatoms. The molecule has 3 rings (SSSR count). The van der Waals surface area contributed by atoms with Crippen LogP contribution in [0.4, 0.5) is 5.69 Å². The highest BCUT2D eigenvalue weighted by Crippen LogP contribution is 2.34. The summed E-state index contributed by atoms with van der Waals surface area (Å²) in [4.78, 5) is 3.79. The summed E-state index contributed by atoms with van der Waals surface area (Å²) in [5.74, 6) is 0. The van der Waals surface area contributed by atoms with Crippen molar-refractivity contribution in [2.45, 2.75) is 19.5 Å². The predicted molar refractivity (Wildman–Crippen MR) is 83.2 cm³/mol. The molecule has 0 radical (unpaired) electrons. The summed E-state index contributed by atoms with van der Waals surface area (Å²) < 4.78 is 0.864. The Morgan fingerprint density at radius 3 is 2.89 bits per heavy atom. The number of fused-ring (bicyclic) bond motifs is 1. The van der Waals surface area contributed by atoms with Crippen LogP contribution in [0, 0.1) is 0 Å². The Kier molecular flexibility index (Phi) is 3.78. The first kappa shape index (κ1) is 13.0. The summed E-state index contributed by atoms with van der Waals surface area (Å²) in [5.41, 5.74) is 2.71. The molecule has 2 heterocycles. The van der Waals surface area contributed by atoms with E-state index >= 15 is 0 Å². The standard InChI is InChI=1S/C15H17ClN2S/c1-11(14-6-7-15(16)19-14)18-9-8-17-10-12-4-2-3-5-13(12)18/h2-7,11,17H,8-10H2,1H3. The lowest BCUT2D eigenvalue weighted by atomic mass is 10.1. The van der Waals surface area contributed by atoms with Crippen molar-refractivity contribution in [2.75, 3.05) is 18.0 Å². The van der Waals surface area contributed by atoms with Gasteiger partial charge in [0.05, 0.1) is 10.4 Å². The number of hydrogen-bond donors (Lipinski definition) is 1. The van der Waals surface area contributed by atoms with Crippen LogP contribution < -0.4 is 10.2 Å². The molecule has 1 N–H and O–H groups in total. The van der Waals surface area contributed by atoms with Crippen LogP contribution in [0.5, 0.6) is 0 Å². The van der Waals surface area contributed by atoms with E-state index in [9.17, 15) is 0 Å². The van der Waals surface area contributed by atoms with E-state index in [1.54, 1.807) is 11.3 Å². The van der Waals surface area contributed by atoms with E-state index in [4.69, 9.17) is 11.6 Å². The van der Waals surface area contributed by atoms with Crippen LogP contribution >= 0.6 is 22.9 Å². The Labute approximate surface area is 123 Å². The molecule has 19 heavy (non-hydrogen) atoms. The lowest BCUT2D eigenvalue weighted by molar-refractivity contribution is 0.644. The Bertz CT molecular complexity index is 567. The molecule has 100 valence electrons. The number of nitrogens with zero attached hydrogens (tertiary/aromatic N) is 1. The molecule has 0 saturated carbocycles. The second kappa shape index (κ2) is 5.53. The summed E-state index contributed by atoms with van der Waals surface area (Å²) in [7, 11) is 0. The summed E-state index contributed by atoms with van der Waals surface area (Å²) in [6.45, 7) is 5.24. The van der Waals surface area contributed by atoms with Gasteiger partial charge in [-0.3, -0.25) is 0 Å². The maximum absolute atomic E-state index is 6.06. The highest BCUT2D eigenvalue weighted by Gasteiger charge is 2.21. The molecular formula is C15H17ClN2S. The highest BCUT2D eigenvalue weighted by atomic mass is 35.5. The van der Waals surface area contributed by atoms with Gasteiger partial charge in [0, 0.05) is 30.2 Å². The second-order valence-electron chi connectivity index (χ2n) is 4.82. The van der Waals surface area contributed by atoms with Crippen LogP contribution in [-0.4, -0.2) is 13.1 Å². The van der Waals surface area contributed by atoms with Crippen LogP contribution in [0.15, 0.2) is 36.4 Å². The predicted octanol–water partition coefficient (Wildman–Crippen LogP) is 4.07. The summed E-state index contributed by atoms with van der Waals surface area (Å²) in [5, 5.41) is 3.48. The molecule has 0 aliphatic carbocycles. The van der Waals surface area contributed by atoms with Crippen LogP contribution in [0.3, 0.4) is 0 Å². The van der Waals surface area contributed by atoms with Gasteiger partial charge in [0.25, 0.3) is 0 Å². The average Bonchev–Trinajstić information content (AvgIpc) is 2.74. The summed E-state index contributed by atoms with van der Waals surface area (Å²) >= 11 is 7.74. The van der Waals surface area contributed by atoms with E-state index in [0.717, 1.165) is 24.0 Å². The third kappa shape index (κ3) is 2.64. The van der Waals surface area contributed by atoms with Gasteiger partial charge in [0.1, 0.15) is 0 Å². The van der Waals surface area contributed by atoms with Gasteiger partial charge in [-0.15, -0.1) is 11.3 Å². The lowest BCUT2D eigenvalue weighted by Gasteiger charge is -2.30. The molecule has 0 saturated heterocycles. The van der Waals surface area contributed by atoms with Gasteiger partial charge >= 0.3 is 0 Å². The smallest absolute Gasteiger partial charge is 0.0932 e. The molecule has 0 spiro atoms. The Morgan fingerprint density at radius 2 is 2.11 bits per heavy atom. The van der Waals surface area contributed by atoms with Crippen molar-refractivity contribution in [2.24, 2.45) is 0 Å². The normalized spacial score (nSPS) is 16.8. The second-order valence-corrected chi connectivity index (χ2v) is 6.56. The summed E-state index contributed by atoms with van der Waals surface area (Å²) in [6.07, 6.45) is 0. The molecule has 1 aromatic carbocycles. The van der Waals surface area contributed by atoms with Crippen LogP contribution in [0.25, 0.3) is 0 Å². The van der Waals surface area contributed by atoms with E-state index in [-0.39, 0.29) is 0 Å². The number of halogens is 1. The Hall–Kier alpha value is -1.03. The molecule has 1 aliphatic rings. The number of benzene rings is 1. The zero-order valence-electron chi connectivity index (χ0n) is 10.9. The Balaban J connectivity index is 1.95. The van der Waals surface area contributed by atoms with Crippen molar-refractivity contribution in [1.82, 2.24) is 5.32 Å². The minimum atomic E-state index is 0.360. The fourth-order valence-electron chi connectivity index (χ4n) is 2.59. The van der Waals surface area contributed by atoms with Gasteiger partial charge in [-0.2, -0.15) is 0 Å². The van der Waals surface area contributed by atoms with Gasteiger partial charge in [-0.1, -0.05) is 29.8 Å². The molecule has 1 aromatic heterocycles. The van der Waals surface area contributed by atoms with Gasteiger partial charge in [0.15, 0.2) is 0 Å². The third-order valence-electron chi connectivity index (χ3n) is 3.62. The van der Waals surface area contributed by atoms with E-state index in [2.05, 4.69) is 47.5 Å². The van der Waals surface area contributed by atoms with Gasteiger partial charge in [-0.05, 0) is 30.7 Å². The van der Waals surface area contributed by atoms with Crippen molar-refractivity contribution in [3.05, 3.63) is 51.2 Å². The van der Waals surface area contributed by atoms with Crippen molar-refractivity contribution in [3.63, 3.8) is 0 Å². The quantitative estimate of drug-likeness (QED) is 0.897. The van der Waals surface area contributed by atoms with Crippen LogP contribution in [-0.2, 0) is 6.54 Å². The zero-order valence-corrected chi connectivity index (χ0v) is 12.5. The highest BCUT2D eigenvalue weighted by molar-refractivity contribution is 7.16. The largest absolute Gasteiger partial charge is 0.362 e. The van der Waals surface area contributed by atoms with Gasteiger partial charge in [0.2, 0.25) is 0 Å². The van der Waals surface area contributed by atoms with Gasteiger partial charge in [-0.25, -0.2) is 0 Å². The summed E-state index contributed by atoms with van der Waals surface area (Å²) in [6, 6.07) is 13.1. The topological polar surface area (TPSA) is 15.3 Å². The molecule has 0 bridgehead atoms. The first-order valence-electron chi connectivity index (χ1n) is 6.56. The maximum Gasteiger partial charge on any atom is 0.0932 e. The molecule has 1 unspecified atom stereocenters. The Morgan fingerprint density at radius 1 is 1.26 bits per heavy atom. The minimum absolute atomic E-state index is 0.360. The van der Waals surface area contributed by atoms with E-state index in [1.807, 2.05) is 6.07 Å². The van der Waals surface area contributed by atoms with Crippen LogP contribution in [0.1, 0.15) is 23.4 Å². The monoisotopic (exact) mass is 292 g/mol. The molecule has 0 fully saturated rings. The molecule has 2 nitrogen and oxygen atoms in total. The number of para-hydroxylation sites is 1. The van der Waals surface area contributed by atoms with Crippen molar-refractivity contribution in [3.8, 4) is 0 Å². The molecule has 0 amide bonds. The van der Waals surface area contributed by atoms with Gasteiger partial charge < -0.3 is 10.2 Å². The van der Waals surface area contributed by atoms with E-state index in [1.165, 1.54) is 16.1 Å². The zero-order chi connectivity index (χ0) is 13.2. The molecule has 1 atom stereocenters.